The van der Waals surface area contributed by atoms with Crippen molar-refractivity contribution in [3.05, 3.63) is 53.7 Å². The van der Waals surface area contributed by atoms with E-state index in [4.69, 9.17) is 16.3 Å². The van der Waals surface area contributed by atoms with Crippen molar-refractivity contribution < 1.29 is 13.2 Å². The first-order valence-electron chi connectivity index (χ1n) is 15.0. The maximum atomic E-state index is 12.9. The third-order valence-corrected chi connectivity index (χ3v) is 10.7. The van der Waals surface area contributed by atoms with E-state index in [9.17, 15) is 8.42 Å². The molecule has 0 aliphatic carbocycles. The molecule has 2 N–H and O–H groups in total. The fourth-order valence-electron chi connectivity index (χ4n) is 5.60. The number of para-hydroxylation sites is 1. The Kier molecular flexibility index (Phi) is 9.95. The average Bonchev–Trinajstić information content (AvgIpc) is 3.00. The molecule has 0 unspecified atom stereocenters. The van der Waals surface area contributed by atoms with Crippen LogP contribution in [0.2, 0.25) is 5.02 Å². The molecular formula is C31H42ClN7O3S. The van der Waals surface area contributed by atoms with Gasteiger partial charge in [-0.3, -0.25) is 4.90 Å². The van der Waals surface area contributed by atoms with Crippen molar-refractivity contribution in [2.24, 2.45) is 0 Å². The van der Waals surface area contributed by atoms with Crippen LogP contribution in [0.5, 0.6) is 5.75 Å². The summed E-state index contributed by atoms with van der Waals surface area (Å²) < 4.78 is 31.9. The summed E-state index contributed by atoms with van der Waals surface area (Å²) in [5, 5.41) is 6.06. The van der Waals surface area contributed by atoms with Crippen LogP contribution in [0.25, 0.3) is 0 Å². The van der Waals surface area contributed by atoms with Gasteiger partial charge in [0.15, 0.2) is 15.7 Å². The molecule has 3 heterocycles. The lowest BCUT2D eigenvalue weighted by molar-refractivity contribution is 0.0982. The molecule has 232 valence electrons. The minimum atomic E-state index is -3.52. The third kappa shape index (κ3) is 7.34. The van der Waals surface area contributed by atoms with Gasteiger partial charge < -0.3 is 25.2 Å². The smallest absolute Gasteiger partial charge is 0.229 e. The lowest BCUT2D eigenvalue weighted by Crippen LogP contribution is -2.52. The molecule has 0 amide bonds. The molecule has 10 nitrogen and oxygen atoms in total. The molecule has 0 spiro atoms. The zero-order valence-corrected chi connectivity index (χ0v) is 27.0. The highest BCUT2D eigenvalue weighted by Gasteiger charge is 2.27. The fourth-order valence-corrected chi connectivity index (χ4v) is 6.94. The molecule has 2 aliphatic heterocycles. The van der Waals surface area contributed by atoms with Gasteiger partial charge in [-0.1, -0.05) is 23.7 Å². The minimum Gasteiger partial charge on any atom is -0.492 e. The maximum Gasteiger partial charge on any atom is 0.229 e. The number of hydrogen-bond donors (Lipinski definition) is 2. The summed E-state index contributed by atoms with van der Waals surface area (Å²) in [4.78, 5) is 16.6. The van der Waals surface area contributed by atoms with E-state index in [0.29, 0.717) is 35.9 Å². The van der Waals surface area contributed by atoms with Crippen molar-refractivity contribution in [3.8, 4) is 5.75 Å². The van der Waals surface area contributed by atoms with Crippen LogP contribution in [-0.2, 0) is 9.84 Å². The maximum absolute atomic E-state index is 12.9. The van der Waals surface area contributed by atoms with Crippen LogP contribution in [0.3, 0.4) is 0 Å². The number of piperazine rings is 1. The lowest BCUT2D eigenvalue weighted by Gasteiger charge is -2.42. The predicted molar refractivity (Wildman–Crippen MR) is 174 cm³/mol. The quantitative estimate of drug-likeness (QED) is 0.303. The van der Waals surface area contributed by atoms with Gasteiger partial charge in [0.05, 0.1) is 34.3 Å². The van der Waals surface area contributed by atoms with Crippen molar-refractivity contribution in [1.29, 1.82) is 0 Å². The largest absolute Gasteiger partial charge is 0.492 e. The van der Waals surface area contributed by atoms with Gasteiger partial charge in [-0.05, 0) is 64.9 Å². The summed E-state index contributed by atoms with van der Waals surface area (Å²) in [6.07, 6.45) is 3.80. The second kappa shape index (κ2) is 13.7. The molecule has 5 rings (SSSR count). The highest BCUT2D eigenvalue weighted by atomic mass is 35.5. The normalized spacial score (nSPS) is 17.3. The zero-order valence-electron chi connectivity index (χ0n) is 25.4. The number of sulfone groups is 1. The van der Waals surface area contributed by atoms with Crippen molar-refractivity contribution in [2.45, 2.75) is 49.8 Å². The predicted octanol–water partition coefficient (Wildman–Crippen LogP) is 5.41. The summed E-state index contributed by atoms with van der Waals surface area (Å²) in [6, 6.07) is 13.6. The molecule has 2 fully saturated rings. The molecule has 0 saturated carbocycles. The second-order valence-corrected chi connectivity index (χ2v) is 14.3. The molecular weight excluding hydrogens is 586 g/mol. The van der Waals surface area contributed by atoms with Gasteiger partial charge in [-0.2, -0.15) is 4.98 Å². The topological polar surface area (TPSA) is 103 Å². The molecule has 43 heavy (non-hydrogen) atoms. The molecule has 0 radical (unpaired) electrons. The zero-order chi connectivity index (χ0) is 30.6. The number of aromatic nitrogens is 2. The Hall–Kier alpha value is -3.12. The van der Waals surface area contributed by atoms with Gasteiger partial charge in [-0.15, -0.1) is 0 Å². The van der Waals surface area contributed by atoms with Crippen LogP contribution in [0.1, 0.15) is 33.6 Å². The molecule has 1 aromatic heterocycles. The molecule has 2 aliphatic rings. The van der Waals surface area contributed by atoms with Gasteiger partial charge in [0, 0.05) is 57.1 Å². The van der Waals surface area contributed by atoms with Crippen molar-refractivity contribution in [3.63, 3.8) is 0 Å². The Labute approximate surface area is 260 Å². The van der Waals surface area contributed by atoms with Gasteiger partial charge in [0.25, 0.3) is 0 Å². The number of nitrogens with one attached hydrogen (secondary N) is 2. The van der Waals surface area contributed by atoms with Crippen molar-refractivity contribution in [2.75, 3.05) is 68.5 Å². The fraction of sp³-hybridized carbons (Fsp3) is 0.484. The first kappa shape index (κ1) is 31.3. The number of hydrogen-bond acceptors (Lipinski definition) is 10. The molecule has 3 aromatic rings. The van der Waals surface area contributed by atoms with Crippen LogP contribution >= 0.6 is 11.6 Å². The number of ether oxygens (including phenoxy) is 1. The van der Waals surface area contributed by atoms with Gasteiger partial charge in [0.2, 0.25) is 5.95 Å². The van der Waals surface area contributed by atoms with Crippen LogP contribution in [-0.4, -0.2) is 92.4 Å². The average molecular weight is 628 g/mol. The highest BCUT2D eigenvalue weighted by molar-refractivity contribution is 7.92. The molecule has 2 saturated heterocycles. The summed E-state index contributed by atoms with van der Waals surface area (Å²) in [7, 11) is -1.32. The number of halogens is 1. The van der Waals surface area contributed by atoms with E-state index in [0.717, 1.165) is 63.5 Å². The van der Waals surface area contributed by atoms with Gasteiger partial charge in [0.1, 0.15) is 10.8 Å². The van der Waals surface area contributed by atoms with E-state index in [1.54, 1.807) is 38.1 Å². The minimum absolute atomic E-state index is 0.191. The van der Waals surface area contributed by atoms with E-state index in [1.165, 1.54) is 6.20 Å². The Morgan fingerprint density at radius 3 is 2.42 bits per heavy atom. The first-order chi connectivity index (χ1) is 20.7. The monoisotopic (exact) mass is 627 g/mol. The van der Waals surface area contributed by atoms with Crippen LogP contribution in [0.15, 0.2) is 53.6 Å². The van der Waals surface area contributed by atoms with Crippen LogP contribution in [0, 0.1) is 0 Å². The van der Waals surface area contributed by atoms with E-state index < -0.39 is 15.1 Å². The van der Waals surface area contributed by atoms with Gasteiger partial charge in [-0.25, -0.2) is 13.4 Å². The number of likely N-dealkylation sites (N-methyl/N-ethyl adjacent to an activating group) is 1. The Bertz CT molecular complexity index is 1500. The summed E-state index contributed by atoms with van der Waals surface area (Å²) in [5.74, 6) is 1.31. The third-order valence-electron chi connectivity index (χ3n) is 8.21. The first-order valence-corrected chi connectivity index (χ1v) is 16.9. The van der Waals surface area contributed by atoms with Crippen molar-refractivity contribution in [1.82, 2.24) is 19.8 Å². The molecule has 0 bridgehead atoms. The van der Waals surface area contributed by atoms with E-state index >= 15 is 0 Å². The number of rotatable bonds is 10. The van der Waals surface area contributed by atoms with E-state index in [2.05, 4.69) is 54.5 Å². The number of benzene rings is 2. The van der Waals surface area contributed by atoms with E-state index in [1.807, 2.05) is 13.0 Å². The molecule has 12 heteroatoms. The van der Waals surface area contributed by atoms with E-state index in [-0.39, 0.29) is 9.92 Å². The number of anilines is 5. The number of nitrogens with zero attached hydrogens (tertiary/aromatic N) is 5. The SMILES string of the molecule is CCOc1cc(N2CCC(N3CCN(C)CC3)CC2)ccc1Nc1ncc(Cl)c(Nc2ccccc2S(=O)(=O)C(C)C)n1. The molecule has 0 atom stereocenters. The van der Waals surface area contributed by atoms with Gasteiger partial charge >= 0.3 is 0 Å². The Balaban J connectivity index is 1.30. The van der Waals surface area contributed by atoms with Crippen molar-refractivity contribution >= 4 is 50.3 Å². The Morgan fingerprint density at radius 2 is 1.72 bits per heavy atom. The Morgan fingerprint density at radius 1 is 1.00 bits per heavy atom. The molecule has 2 aromatic carbocycles. The second-order valence-electron chi connectivity index (χ2n) is 11.4. The standard InChI is InChI=1S/C31H42ClN7O3S/c1-5-42-28-20-24(38-14-12-23(13-15-38)39-18-16-37(4)17-19-39)10-11-26(28)35-31-33-21-25(32)30(36-31)34-27-8-6-7-9-29(27)43(40,41)22(2)3/h6-11,20-23H,5,12-19H2,1-4H3,(H2,33,34,35,36). The summed E-state index contributed by atoms with van der Waals surface area (Å²) in [6.45, 7) is 12.4. The van der Waals surface area contributed by atoms with Crippen LogP contribution in [0.4, 0.5) is 28.8 Å². The van der Waals surface area contributed by atoms with Crippen LogP contribution < -0.4 is 20.3 Å². The highest BCUT2D eigenvalue weighted by Crippen LogP contribution is 2.35. The summed E-state index contributed by atoms with van der Waals surface area (Å²) >= 11 is 6.43. The lowest BCUT2D eigenvalue weighted by atomic mass is 10.0. The summed E-state index contributed by atoms with van der Waals surface area (Å²) in [5.41, 5.74) is 2.26. The number of piperidine rings is 1.